The highest BCUT2D eigenvalue weighted by Crippen LogP contribution is 2.24. The maximum Gasteiger partial charge on any atom is 0.272 e. The van der Waals surface area contributed by atoms with Crippen molar-refractivity contribution in [1.29, 1.82) is 0 Å². The van der Waals surface area contributed by atoms with Crippen LogP contribution in [0.25, 0.3) is 11.0 Å². The van der Waals surface area contributed by atoms with Crippen LogP contribution in [0.15, 0.2) is 30.5 Å². The predicted molar refractivity (Wildman–Crippen MR) is 132 cm³/mol. The van der Waals surface area contributed by atoms with Crippen LogP contribution in [0.4, 0.5) is 10.2 Å². The lowest BCUT2D eigenvalue weighted by Gasteiger charge is -2.36. The van der Waals surface area contributed by atoms with E-state index in [1.807, 2.05) is 24.1 Å². The molecule has 3 aromatic heterocycles. The van der Waals surface area contributed by atoms with Crippen molar-refractivity contribution >= 4 is 22.8 Å². The molecule has 2 aliphatic heterocycles. The Morgan fingerprint density at radius 2 is 2.06 bits per heavy atom. The summed E-state index contributed by atoms with van der Waals surface area (Å²) in [6, 6.07) is 7.56. The van der Waals surface area contributed by atoms with E-state index in [2.05, 4.69) is 25.2 Å². The minimum Gasteiger partial charge on any atom is -0.481 e. The molecule has 0 bridgehead atoms. The molecule has 2 aliphatic rings. The second-order valence-corrected chi connectivity index (χ2v) is 9.28. The second kappa shape index (κ2) is 10.1. The van der Waals surface area contributed by atoms with E-state index < -0.39 is 0 Å². The SMILES string of the molecule is COc1ccc2ncc(F)c(CCN3CCC(N(C)C(=O)c4ccc5c(n4)NCCC5)CC3)c2n1. The number of nitrogens with zero attached hydrogens (tertiary/aromatic N) is 5. The Kier molecular flexibility index (Phi) is 6.77. The smallest absolute Gasteiger partial charge is 0.272 e. The molecular formula is C26H31FN6O2. The van der Waals surface area contributed by atoms with Crippen LogP contribution in [0.1, 0.15) is 40.9 Å². The van der Waals surface area contributed by atoms with E-state index in [1.54, 1.807) is 19.2 Å². The average molecular weight is 479 g/mol. The number of ether oxygens (including phenoxy) is 1. The molecule has 0 saturated carbocycles. The molecule has 0 aromatic carbocycles. The molecular weight excluding hydrogens is 447 g/mol. The lowest BCUT2D eigenvalue weighted by atomic mass is 10.0. The zero-order chi connectivity index (χ0) is 24.4. The van der Waals surface area contributed by atoms with Gasteiger partial charge in [0.05, 0.1) is 24.3 Å². The summed E-state index contributed by atoms with van der Waals surface area (Å²) in [5, 5.41) is 3.30. The van der Waals surface area contributed by atoms with Gasteiger partial charge in [0.2, 0.25) is 5.88 Å². The third-order valence-electron chi connectivity index (χ3n) is 7.17. The van der Waals surface area contributed by atoms with E-state index in [1.165, 1.54) is 11.8 Å². The van der Waals surface area contributed by atoms with Crippen LogP contribution >= 0.6 is 0 Å². The van der Waals surface area contributed by atoms with Gasteiger partial charge in [-0.1, -0.05) is 6.07 Å². The van der Waals surface area contributed by atoms with E-state index in [9.17, 15) is 9.18 Å². The number of aryl methyl sites for hydroxylation is 1. The van der Waals surface area contributed by atoms with Crippen molar-refractivity contribution in [3.8, 4) is 5.88 Å². The standard InChI is InChI=1S/C26H31FN6O2/c1-32(26(34)22-6-5-17-4-3-12-28-25(17)30-22)18-9-13-33(14-10-18)15-11-19-20(27)16-29-21-7-8-23(35-2)31-24(19)21/h5-8,16,18H,3-4,9-15H2,1-2H3,(H,28,30). The van der Waals surface area contributed by atoms with Crippen LogP contribution in [-0.2, 0) is 12.8 Å². The van der Waals surface area contributed by atoms with Crippen LogP contribution < -0.4 is 10.1 Å². The van der Waals surface area contributed by atoms with E-state index in [0.717, 1.165) is 57.7 Å². The predicted octanol–water partition coefficient (Wildman–Crippen LogP) is 3.31. The highest BCUT2D eigenvalue weighted by atomic mass is 19.1. The fourth-order valence-corrected chi connectivity index (χ4v) is 5.02. The minimum atomic E-state index is -0.342. The van der Waals surface area contributed by atoms with Crippen molar-refractivity contribution < 1.29 is 13.9 Å². The number of nitrogens with one attached hydrogen (secondary N) is 1. The number of halogens is 1. The number of hydrogen-bond acceptors (Lipinski definition) is 7. The highest BCUT2D eigenvalue weighted by molar-refractivity contribution is 5.93. The molecule has 1 saturated heterocycles. The van der Waals surface area contributed by atoms with Crippen molar-refractivity contribution in [3.05, 3.63) is 53.1 Å². The number of aromatic nitrogens is 3. The van der Waals surface area contributed by atoms with Crippen LogP contribution in [0.2, 0.25) is 0 Å². The molecule has 5 rings (SSSR count). The van der Waals surface area contributed by atoms with E-state index in [4.69, 9.17) is 4.74 Å². The van der Waals surface area contributed by atoms with Crippen molar-refractivity contribution in [3.63, 3.8) is 0 Å². The third kappa shape index (κ3) is 4.91. The largest absolute Gasteiger partial charge is 0.481 e. The Labute approximate surface area is 204 Å². The molecule has 0 aliphatic carbocycles. The normalized spacial score (nSPS) is 16.5. The Balaban J connectivity index is 1.19. The molecule has 0 radical (unpaired) electrons. The number of likely N-dealkylation sites (tertiary alicyclic amines) is 1. The molecule has 8 nitrogen and oxygen atoms in total. The summed E-state index contributed by atoms with van der Waals surface area (Å²) in [5.74, 6) is 0.909. The Morgan fingerprint density at radius 3 is 2.86 bits per heavy atom. The second-order valence-electron chi connectivity index (χ2n) is 9.28. The number of hydrogen-bond donors (Lipinski definition) is 1. The average Bonchev–Trinajstić information content (AvgIpc) is 2.91. The number of pyridine rings is 3. The zero-order valence-electron chi connectivity index (χ0n) is 20.3. The maximum atomic E-state index is 14.6. The Hall–Kier alpha value is -3.33. The van der Waals surface area contributed by atoms with Crippen molar-refractivity contribution in [2.24, 2.45) is 0 Å². The molecule has 1 N–H and O–H groups in total. The van der Waals surface area contributed by atoms with E-state index in [-0.39, 0.29) is 17.8 Å². The van der Waals surface area contributed by atoms with Crippen molar-refractivity contribution in [2.45, 2.75) is 38.1 Å². The molecule has 35 heavy (non-hydrogen) atoms. The molecule has 1 fully saturated rings. The van der Waals surface area contributed by atoms with Gasteiger partial charge in [-0.05, 0) is 49.8 Å². The van der Waals surface area contributed by atoms with Gasteiger partial charge >= 0.3 is 0 Å². The first-order valence-electron chi connectivity index (χ1n) is 12.2. The van der Waals surface area contributed by atoms with Gasteiger partial charge in [-0.15, -0.1) is 0 Å². The quantitative estimate of drug-likeness (QED) is 0.582. The summed E-state index contributed by atoms with van der Waals surface area (Å²) in [4.78, 5) is 30.4. The number of carbonyl (C=O) groups is 1. The van der Waals surface area contributed by atoms with Crippen molar-refractivity contribution in [1.82, 2.24) is 24.8 Å². The lowest BCUT2D eigenvalue weighted by molar-refractivity contribution is 0.0638. The van der Waals surface area contributed by atoms with Gasteiger partial charge in [0.25, 0.3) is 5.91 Å². The van der Waals surface area contributed by atoms with Gasteiger partial charge < -0.3 is 19.9 Å². The number of piperidine rings is 1. The minimum absolute atomic E-state index is 0.0380. The Bertz CT molecular complexity index is 1230. The van der Waals surface area contributed by atoms with Gasteiger partial charge in [0, 0.05) is 50.9 Å². The first-order chi connectivity index (χ1) is 17.0. The van der Waals surface area contributed by atoms with Gasteiger partial charge in [-0.2, -0.15) is 0 Å². The lowest BCUT2D eigenvalue weighted by Crippen LogP contribution is -2.46. The number of amides is 1. The topological polar surface area (TPSA) is 83.5 Å². The van der Waals surface area contributed by atoms with Crippen LogP contribution in [0.3, 0.4) is 0 Å². The van der Waals surface area contributed by atoms with Crippen LogP contribution in [-0.4, -0.2) is 77.0 Å². The number of anilines is 1. The fourth-order valence-electron chi connectivity index (χ4n) is 5.02. The maximum absolute atomic E-state index is 14.6. The highest BCUT2D eigenvalue weighted by Gasteiger charge is 2.27. The monoisotopic (exact) mass is 478 g/mol. The molecule has 0 unspecified atom stereocenters. The van der Waals surface area contributed by atoms with Crippen LogP contribution in [0.5, 0.6) is 5.88 Å². The number of rotatable bonds is 6. The first kappa shape index (κ1) is 23.4. The fraction of sp³-hybridized carbons (Fsp3) is 0.462. The summed E-state index contributed by atoms with van der Waals surface area (Å²) >= 11 is 0. The molecule has 3 aromatic rings. The van der Waals surface area contributed by atoms with E-state index in [0.29, 0.717) is 34.6 Å². The van der Waals surface area contributed by atoms with Crippen molar-refractivity contribution in [2.75, 3.05) is 45.7 Å². The zero-order valence-corrected chi connectivity index (χ0v) is 20.3. The molecule has 184 valence electrons. The molecule has 9 heteroatoms. The molecule has 0 atom stereocenters. The molecule has 0 spiro atoms. The van der Waals surface area contributed by atoms with Gasteiger partial charge in [0.1, 0.15) is 17.3 Å². The first-order valence-corrected chi connectivity index (χ1v) is 12.2. The summed E-state index contributed by atoms with van der Waals surface area (Å²) in [5.41, 5.74) is 3.45. The molecule has 1 amide bonds. The summed E-state index contributed by atoms with van der Waals surface area (Å²) in [6.07, 6.45) is 5.64. The van der Waals surface area contributed by atoms with Crippen LogP contribution in [0, 0.1) is 5.82 Å². The van der Waals surface area contributed by atoms with Gasteiger partial charge in [0.15, 0.2) is 0 Å². The number of fused-ring (bicyclic) bond motifs is 2. The summed E-state index contributed by atoms with van der Waals surface area (Å²) < 4.78 is 19.8. The summed E-state index contributed by atoms with van der Waals surface area (Å²) in [7, 11) is 3.42. The van der Waals surface area contributed by atoms with Gasteiger partial charge in [-0.25, -0.2) is 14.4 Å². The third-order valence-corrected chi connectivity index (χ3v) is 7.17. The molecule has 5 heterocycles. The Morgan fingerprint density at radius 1 is 1.23 bits per heavy atom. The van der Waals surface area contributed by atoms with Gasteiger partial charge in [-0.3, -0.25) is 9.78 Å². The van der Waals surface area contributed by atoms with E-state index >= 15 is 0 Å². The summed E-state index contributed by atoms with van der Waals surface area (Å²) in [6.45, 7) is 3.32. The number of methoxy groups -OCH3 is 1. The number of carbonyl (C=O) groups excluding carboxylic acids is 1.